The van der Waals surface area contributed by atoms with Crippen LogP contribution in [0.2, 0.25) is 5.02 Å². The Kier molecular flexibility index (Phi) is 5.78. The average molecular weight is 402 g/mol. The highest BCUT2D eigenvalue weighted by atomic mass is 79.9. The molecule has 1 aromatic heterocycles. The topological polar surface area (TPSA) is 97.6 Å². The number of esters is 1. The van der Waals surface area contributed by atoms with Gasteiger partial charge in [-0.2, -0.15) is 0 Å². The summed E-state index contributed by atoms with van der Waals surface area (Å²) in [5.41, 5.74) is 4.32. The predicted octanol–water partition coefficient (Wildman–Crippen LogP) is 2.31. The number of furan rings is 1. The van der Waals surface area contributed by atoms with Gasteiger partial charge in [0.15, 0.2) is 12.4 Å². The van der Waals surface area contributed by atoms with Crippen LogP contribution in [0.15, 0.2) is 45.5 Å². The minimum atomic E-state index is -0.760. The van der Waals surface area contributed by atoms with Crippen LogP contribution in [0.25, 0.3) is 0 Å². The Balaban J connectivity index is 1.81. The number of halogens is 2. The normalized spacial score (nSPS) is 10.0. The maximum absolute atomic E-state index is 11.8. The van der Waals surface area contributed by atoms with E-state index in [2.05, 4.69) is 26.8 Å². The van der Waals surface area contributed by atoms with Crippen LogP contribution in [-0.4, -0.2) is 24.4 Å². The Hall–Kier alpha value is -2.32. The zero-order valence-electron chi connectivity index (χ0n) is 11.5. The molecule has 0 fully saturated rings. The number of rotatable bonds is 4. The Bertz CT molecular complexity index is 733. The molecule has 7 nitrogen and oxygen atoms in total. The summed E-state index contributed by atoms with van der Waals surface area (Å²) in [6.07, 6.45) is 1.32. The Labute approximate surface area is 144 Å². The molecule has 0 aliphatic carbocycles. The number of carbonyl (C=O) groups excluding carboxylic acids is 3. The summed E-state index contributed by atoms with van der Waals surface area (Å²) >= 11 is 9.08. The van der Waals surface area contributed by atoms with Gasteiger partial charge in [0.05, 0.1) is 16.8 Å². The summed E-state index contributed by atoms with van der Waals surface area (Å²) in [5.74, 6) is -2.08. The van der Waals surface area contributed by atoms with Crippen LogP contribution in [0.5, 0.6) is 0 Å². The van der Waals surface area contributed by atoms with E-state index in [1.807, 2.05) is 0 Å². The van der Waals surface area contributed by atoms with Gasteiger partial charge < -0.3 is 9.15 Å². The number of benzene rings is 1. The lowest BCUT2D eigenvalue weighted by atomic mass is 10.2. The number of amides is 2. The SMILES string of the molecule is O=C(COC(=O)c1cc(Br)ccc1Cl)NNC(=O)c1ccco1. The van der Waals surface area contributed by atoms with Crippen LogP contribution in [0.4, 0.5) is 0 Å². The van der Waals surface area contributed by atoms with Crippen LogP contribution < -0.4 is 10.9 Å². The summed E-state index contributed by atoms with van der Waals surface area (Å²) in [6.45, 7) is -0.583. The number of hydrazine groups is 1. The fourth-order valence-electron chi connectivity index (χ4n) is 1.49. The molecule has 0 atom stereocenters. The standard InChI is InChI=1S/C14H10BrClN2O5/c15-8-3-4-10(16)9(6-8)14(21)23-7-12(19)17-18-13(20)11-2-1-5-22-11/h1-6H,7H2,(H,17,19)(H,18,20). The monoisotopic (exact) mass is 400 g/mol. The molecule has 0 bridgehead atoms. The minimum absolute atomic E-state index is 0.0308. The van der Waals surface area contributed by atoms with Gasteiger partial charge in [-0.15, -0.1) is 0 Å². The highest BCUT2D eigenvalue weighted by molar-refractivity contribution is 9.10. The Morgan fingerprint density at radius 3 is 2.70 bits per heavy atom. The van der Waals surface area contributed by atoms with Gasteiger partial charge in [0.2, 0.25) is 0 Å². The van der Waals surface area contributed by atoms with Crippen molar-refractivity contribution in [2.24, 2.45) is 0 Å². The zero-order chi connectivity index (χ0) is 16.8. The maximum Gasteiger partial charge on any atom is 0.340 e. The van der Waals surface area contributed by atoms with Crippen LogP contribution in [0.3, 0.4) is 0 Å². The number of nitrogens with one attached hydrogen (secondary N) is 2. The molecule has 23 heavy (non-hydrogen) atoms. The molecule has 1 heterocycles. The molecule has 1 aromatic carbocycles. The minimum Gasteiger partial charge on any atom is -0.459 e. The molecule has 2 amide bonds. The molecule has 0 saturated heterocycles. The van der Waals surface area contributed by atoms with Gasteiger partial charge in [-0.25, -0.2) is 4.79 Å². The van der Waals surface area contributed by atoms with Gasteiger partial charge in [0.1, 0.15) is 0 Å². The summed E-state index contributed by atoms with van der Waals surface area (Å²) in [6, 6.07) is 7.61. The Morgan fingerprint density at radius 1 is 1.22 bits per heavy atom. The number of hydrogen-bond donors (Lipinski definition) is 2. The smallest absolute Gasteiger partial charge is 0.340 e. The van der Waals surface area contributed by atoms with E-state index in [1.165, 1.54) is 30.5 Å². The molecule has 2 N–H and O–H groups in total. The van der Waals surface area contributed by atoms with Gasteiger partial charge in [-0.1, -0.05) is 27.5 Å². The van der Waals surface area contributed by atoms with Crippen molar-refractivity contribution in [3.05, 3.63) is 57.4 Å². The molecular weight excluding hydrogens is 392 g/mol. The van der Waals surface area contributed by atoms with Crippen LogP contribution >= 0.6 is 27.5 Å². The van der Waals surface area contributed by atoms with E-state index in [4.69, 9.17) is 20.8 Å². The molecule has 0 aliphatic rings. The average Bonchev–Trinajstić information content (AvgIpc) is 3.07. The molecular formula is C14H10BrClN2O5. The van der Waals surface area contributed by atoms with Gasteiger partial charge >= 0.3 is 11.9 Å². The van der Waals surface area contributed by atoms with Gasteiger partial charge in [0.25, 0.3) is 5.91 Å². The first-order valence-electron chi connectivity index (χ1n) is 6.22. The van der Waals surface area contributed by atoms with E-state index in [0.717, 1.165) is 0 Å². The van der Waals surface area contributed by atoms with E-state index in [0.29, 0.717) is 4.47 Å². The van der Waals surface area contributed by atoms with Crippen molar-refractivity contribution >= 4 is 45.3 Å². The number of carbonyl (C=O) groups is 3. The fraction of sp³-hybridized carbons (Fsp3) is 0.0714. The Morgan fingerprint density at radius 2 is 2.00 bits per heavy atom. The van der Waals surface area contributed by atoms with Gasteiger partial charge in [-0.05, 0) is 30.3 Å². The number of ether oxygens (including phenoxy) is 1. The lowest BCUT2D eigenvalue weighted by molar-refractivity contribution is -0.125. The number of hydrogen-bond acceptors (Lipinski definition) is 5. The van der Waals surface area contributed by atoms with Crippen molar-refractivity contribution in [1.29, 1.82) is 0 Å². The summed E-state index contributed by atoms with van der Waals surface area (Å²) in [7, 11) is 0. The first-order valence-corrected chi connectivity index (χ1v) is 7.39. The fourth-order valence-corrected chi connectivity index (χ4v) is 2.05. The van der Waals surface area contributed by atoms with E-state index >= 15 is 0 Å². The molecule has 2 rings (SSSR count). The van der Waals surface area contributed by atoms with Crippen molar-refractivity contribution < 1.29 is 23.5 Å². The van der Waals surface area contributed by atoms with Crippen molar-refractivity contribution in [1.82, 2.24) is 10.9 Å². The zero-order valence-corrected chi connectivity index (χ0v) is 13.8. The molecule has 2 aromatic rings. The quantitative estimate of drug-likeness (QED) is 0.605. The van der Waals surface area contributed by atoms with Crippen molar-refractivity contribution in [3.63, 3.8) is 0 Å². The van der Waals surface area contributed by atoms with Crippen molar-refractivity contribution in [3.8, 4) is 0 Å². The molecule has 0 spiro atoms. The predicted molar refractivity (Wildman–Crippen MR) is 83.8 cm³/mol. The van der Waals surface area contributed by atoms with Crippen LogP contribution in [0, 0.1) is 0 Å². The second kappa shape index (κ2) is 7.80. The highest BCUT2D eigenvalue weighted by Gasteiger charge is 2.15. The van der Waals surface area contributed by atoms with E-state index in [-0.39, 0.29) is 16.3 Å². The lowest BCUT2D eigenvalue weighted by Crippen LogP contribution is -2.43. The van der Waals surface area contributed by atoms with Crippen molar-refractivity contribution in [2.75, 3.05) is 6.61 Å². The van der Waals surface area contributed by atoms with Crippen LogP contribution in [0.1, 0.15) is 20.9 Å². The second-order valence-corrected chi connectivity index (χ2v) is 5.50. The van der Waals surface area contributed by atoms with Crippen LogP contribution in [-0.2, 0) is 9.53 Å². The highest BCUT2D eigenvalue weighted by Crippen LogP contribution is 2.21. The molecule has 0 aliphatic heterocycles. The molecule has 120 valence electrons. The third kappa shape index (κ3) is 4.83. The van der Waals surface area contributed by atoms with Crippen molar-refractivity contribution in [2.45, 2.75) is 0 Å². The van der Waals surface area contributed by atoms with E-state index in [1.54, 1.807) is 6.07 Å². The molecule has 0 unspecified atom stereocenters. The third-order valence-corrected chi connectivity index (χ3v) is 3.37. The van der Waals surface area contributed by atoms with Gasteiger partial charge in [-0.3, -0.25) is 20.4 Å². The van der Waals surface area contributed by atoms with Gasteiger partial charge in [0, 0.05) is 4.47 Å². The second-order valence-electron chi connectivity index (χ2n) is 4.18. The largest absolute Gasteiger partial charge is 0.459 e. The molecule has 0 saturated carbocycles. The first kappa shape index (κ1) is 17.0. The van der Waals surface area contributed by atoms with E-state index < -0.39 is 24.4 Å². The summed E-state index contributed by atoms with van der Waals surface area (Å²) in [4.78, 5) is 34.9. The van der Waals surface area contributed by atoms with E-state index in [9.17, 15) is 14.4 Å². The first-order chi connectivity index (χ1) is 11.0. The summed E-state index contributed by atoms with van der Waals surface area (Å²) < 4.78 is 10.3. The lowest BCUT2D eigenvalue weighted by Gasteiger charge is -2.08. The third-order valence-electron chi connectivity index (χ3n) is 2.54. The maximum atomic E-state index is 11.8. The molecule has 9 heteroatoms. The molecule has 0 radical (unpaired) electrons. The summed E-state index contributed by atoms with van der Waals surface area (Å²) in [5, 5.41) is 0.199.